The first-order valence-electron chi connectivity index (χ1n) is 5.90. The van der Waals surface area contributed by atoms with Crippen molar-refractivity contribution in [2.45, 2.75) is 6.17 Å². The minimum atomic E-state index is -0.116. The lowest BCUT2D eigenvalue weighted by Gasteiger charge is -2.27. The summed E-state index contributed by atoms with van der Waals surface area (Å²) < 4.78 is 0.767. The predicted octanol–water partition coefficient (Wildman–Crippen LogP) is 1.11. The second-order valence-electron chi connectivity index (χ2n) is 4.25. The first kappa shape index (κ1) is 11.6. The Morgan fingerprint density at radius 3 is 2.53 bits per heavy atom. The molecule has 0 aromatic carbocycles. The van der Waals surface area contributed by atoms with Gasteiger partial charge in [0.05, 0.1) is 5.69 Å². The quantitative estimate of drug-likeness (QED) is 0.596. The van der Waals surface area contributed by atoms with Crippen LogP contribution in [0.5, 0.6) is 0 Å². The Balaban J connectivity index is 1.85. The van der Waals surface area contributed by atoms with Gasteiger partial charge in [-0.05, 0) is 12.1 Å². The molecule has 0 amide bonds. The fourth-order valence-electron chi connectivity index (χ4n) is 2.07. The van der Waals surface area contributed by atoms with Crippen LogP contribution in [0.15, 0.2) is 54.0 Å². The van der Waals surface area contributed by atoms with Gasteiger partial charge in [0, 0.05) is 37.1 Å². The molecule has 1 aliphatic heterocycles. The summed E-state index contributed by atoms with van der Waals surface area (Å²) in [5, 5.41) is 15.0. The number of hydrazine groups is 1. The van der Waals surface area contributed by atoms with Crippen molar-refractivity contribution in [2.75, 3.05) is 12.1 Å². The van der Waals surface area contributed by atoms with E-state index >= 15 is 0 Å². The molecule has 2 aromatic rings. The highest BCUT2D eigenvalue weighted by molar-refractivity contribution is 5.79. The third kappa shape index (κ3) is 2.13. The molecule has 3 heterocycles. The van der Waals surface area contributed by atoms with Crippen LogP contribution < -0.4 is 9.74 Å². The predicted molar refractivity (Wildman–Crippen MR) is 71.1 cm³/mol. The molecule has 2 aromatic heterocycles. The Labute approximate surface area is 110 Å². The van der Waals surface area contributed by atoms with Gasteiger partial charge in [-0.15, -0.1) is 0 Å². The minimum Gasteiger partial charge on any atom is -0.619 e. The lowest BCUT2D eigenvalue weighted by atomic mass is 10.2. The molecule has 0 bridgehead atoms. The summed E-state index contributed by atoms with van der Waals surface area (Å²) in [7, 11) is 1.95. The van der Waals surface area contributed by atoms with Gasteiger partial charge in [0.15, 0.2) is 12.4 Å². The van der Waals surface area contributed by atoms with Crippen LogP contribution in [0.25, 0.3) is 0 Å². The van der Waals surface area contributed by atoms with Crippen LogP contribution in [0.4, 0.5) is 5.69 Å². The number of anilines is 1. The number of hydrogen-bond donors (Lipinski definition) is 0. The summed E-state index contributed by atoms with van der Waals surface area (Å²) in [4.78, 5) is 8.47. The average Bonchev–Trinajstić information content (AvgIpc) is 2.83. The molecule has 1 aliphatic rings. The molecule has 0 fully saturated rings. The second kappa shape index (κ2) is 4.66. The van der Waals surface area contributed by atoms with Crippen molar-refractivity contribution >= 4 is 12.0 Å². The molecule has 1 unspecified atom stereocenters. The number of pyridine rings is 2. The van der Waals surface area contributed by atoms with Gasteiger partial charge in [0.1, 0.15) is 12.5 Å². The van der Waals surface area contributed by atoms with Crippen LogP contribution in [0.3, 0.4) is 0 Å². The average molecular weight is 255 g/mol. The first-order chi connectivity index (χ1) is 9.25. The van der Waals surface area contributed by atoms with Gasteiger partial charge in [0.25, 0.3) is 0 Å². The van der Waals surface area contributed by atoms with E-state index in [-0.39, 0.29) is 6.17 Å². The van der Waals surface area contributed by atoms with Crippen LogP contribution in [0.2, 0.25) is 0 Å². The number of nitrogens with zero attached hydrogens (tertiary/aromatic N) is 5. The van der Waals surface area contributed by atoms with Crippen molar-refractivity contribution < 1.29 is 4.73 Å². The van der Waals surface area contributed by atoms with Gasteiger partial charge in [-0.3, -0.25) is 9.99 Å². The molecule has 3 rings (SSSR count). The summed E-state index contributed by atoms with van der Waals surface area (Å²) >= 11 is 0. The molecule has 0 spiro atoms. The minimum absolute atomic E-state index is 0.116. The fourth-order valence-corrected chi connectivity index (χ4v) is 2.07. The number of hydrogen-bond acceptors (Lipinski definition) is 5. The van der Waals surface area contributed by atoms with Crippen molar-refractivity contribution in [3.63, 3.8) is 0 Å². The van der Waals surface area contributed by atoms with Crippen LogP contribution in [0, 0.1) is 5.21 Å². The Morgan fingerprint density at radius 1 is 1.16 bits per heavy atom. The normalized spacial score (nSPS) is 19.0. The highest BCUT2D eigenvalue weighted by Gasteiger charge is 2.26. The zero-order valence-corrected chi connectivity index (χ0v) is 10.4. The van der Waals surface area contributed by atoms with Crippen LogP contribution >= 0.6 is 0 Å². The van der Waals surface area contributed by atoms with Crippen LogP contribution in [0.1, 0.15) is 11.7 Å². The standard InChI is InChI=1S/C13H13N5O/c1-16-13(11-4-8-17(19)9-5-11)15-10-18(16)12-2-6-14-7-3-12/h2-10,13H,1H3. The van der Waals surface area contributed by atoms with Gasteiger partial charge in [0.2, 0.25) is 0 Å². The van der Waals surface area contributed by atoms with Crippen molar-refractivity contribution in [3.8, 4) is 0 Å². The Bertz CT molecular complexity index is 584. The molecule has 0 aliphatic carbocycles. The van der Waals surface area contributed by atoms with Gasteiger partial charge in [-0.25, -0.2) is 4.99 Å². The maximum absolute atomic E-state index is 11.1. The second-order valence-corrected chi connectivity index (χ2v) is 4.25. The Hall–Kier alpha value is -2.47. The first-order valence-corrected chi connectivity index (χ1v) is 5.90. The number of aromatic nitrogens is 2. The molecule has 0 radical (unpaired) electrons. The van der Waals surface area contributed by atoms with Gasteiger partial charge in [-0.2, -0.15) is 9.74 Å². The van der Waals surface area contributed by atoms with Crippen molar-refractivity contribution in [1.82, 2.24) is 9.99 Å². The lowest BCUT2D eigenvalue weighted by molar-refractivity contribution is -0.605. The zero-order valence-electron chi connectivity index (χ0n) is 10.4. The fraction of sp³-hybridized carbons (Fsp3) is 0.154. The summed E-state index contributed by atoms with van der Waals surface area (Å²) in [5.41, 5.74) is 1.97. The molecule has 0 N–H and O–H groups in total. The molecule has 0 saturated heterocycles. The molecule has 6 nitrogen and oxygen atoms in total. The summed E-state index contributed by atoms with van der Waals surface area (Å²) in [6, 6.07) is 7.39. The largest absolute Gasteiger partial charge is 0.619 e. The van der Waals surface area contributed by atoms with Gasteiger partial charge < -0.3 is 5.21 Å². The third-order valence-electron chi connectivity index (χ3n) is 3.06. The zero-order chi connectivity index (χ0) is 13.2. The van der Waals surface area contributed by atoms with E-state index in [1.807, 2.05) is 29.2 Å². The highest BCUT2D eigenvalue weighted by Crippen LogP contribution is 2.28. The van der Waals surface area contributed by atoms with E-state index in [9.17, 15) is 5.21 Å². The molecular weight excluding hydrogens is 242 g/mol. The van der Waals surface area contributed by atoms with Crippen molar-refractivity contribution in [2.24, 2.45) is 4.99 Å². The molecule has 96 valence electrons. The van der Waals surface area contributed by atoms with E-state index in [0.29, 0.717) is 0 Å². The molecule has 0 saturated carbocycles. The number of rotatable bonds is 2. The summed E-state index contributed by atoms with van der Waals surface area (Å²) in [6.45, 7) is 0. The third-order valence-corrected chi connectivity index (χ3v) is 3.06. The number of aliphatic imine (C=N–C) groups is 1. The van der Waals surface area contributed by atoms with Crippen LogP contribution in [-0.2, 0) is 0 Å². The molecule has 6 heteroatoms. The molecular formula is C13H13N5O. The molecule has 1 atom stereocenters. The summed E-state index contributed by atoms with van der Waals surface area (Å²) in [6.07, 6.45) is 8.11. The van der Waals surface area contributed by atoms with Gasteiger partial charge in [-0.1, -0.05) is 0 Å². The van der Waals surface area contributed by atoms with E-state index in [2.05, 4.69) is 9.98 Å². The maximum atomic E-state index is 11.1. The van der Waals surface area contributed by atoms with Crippen molar-refractivity contribution in [3.05, 3.63) is 59.8 Å². The smallest absolute Gasteiger partial charge is 0.180 e. The highest BCUT2D eigenvalue weighted by atomic mass is 16.5. The monoisotopic (exact) mass is 255 g/mol. The topological polar surface area (TPSA) is 58.7 Å². The summed E-state index contributed by atoms with van der Waals surface area (Å²) in [5.74, 6) is 0. The Morgan fingerprint density at radius 2 is 1.84 bits per heavy atom. The molecule has 19 heavy (non-hydrogen) atoms. The van der Waals surface area contributed by atoms with Crippen molar-refractivity contribution in [1.29, 1.82) is 0 Å². The van der Waals surface area contributed by atoms with E-state index in [0.717, 1.165) is 16.0 Å². The van der Waals surface area contributed by atoms with E-state index < -0.39 is 0 Å². The van der Waals surface area contributed by atoms with E-state index in [4.69, 9.17) is 0 Å². The van der Waals surface area contributed by atoms with Gasteiger partial charge >= 0.3 is 0 Å². The van der Waals surface area contributed by atoms with Crippen LogP contribution in [-0.4, -0.2) is 23.4 Å². The van der Waals surface area contributed by atoms with E-state index in [1.54, 1.807) is 30.9 Å². The maximum Gasteiger partial charge on any atom is 0.180 e. The SMILES string of the molecule is CN1C(c2cc[n+]([O-])cc2)N=CN1c1ccncc1. The van der Waals surface area contributed by atoms with E-state index in [1.165, 1.54) is 12.4 Å². The lowest BCUT2D eigenvalue weighted by Crippen LogP contribution is -2.35. The Kier molecular flexibility index (Phi) is 2.85.